The highest BCUT2D eigenvalue weighted by atomic mass is 16.3. The van der Waals surface area contributed by atoms with Gasteiger partial charge < -0.3 is 15.7 Å². The Morgan fingerprint density at radius 1 is 1.37 bits per heavy atom. The third-order valence-corrected chi connectivity index (χ3v) is 5.14. The summed E-state index contributed by atoms with van der Waals surface area (Å²) in [5, 5.41) is 10.7. The summed E-state index contributed by atoms with van der Waals surface area (Å²) in [7, 11) is 0. The standard InChI is InChI=1S/C15H29N3O/c1-12-6-4-9-18(10-12)13(16)17-11-15(19)8-5-7-14(15,2)3/h12,19H,4-11H2,1-3H3,(H2,16,17). The van der Waals surface area contributed by atoms with Crippen molar-refractivity contribution in [2.24, 2.45) is 22.1 Å². The zero-order valence-corrected chi connectivity index (χ0v) is 12.7. The SMILES string of the molecule is CC1CCCN(C(N)=NCC2(O)CCCC2(C)C)C1. The number of aliphatic imine (C=N–C) groups is 1. The van der Waals surface area contributed by atoms with Gasteiger partial charge in [-0.1, -0.05) is 20.8 Å². The third-order valence-electron chi connectivity index (χ3n) is 5.14. The van der Waals surface area contributed by atoms with Crippen LogP contribution < -0.4 is 5.73 Å². The molecule has 4 heteroatoms. The largest absolute Gasteiger partial charge is 0.387 e. The summed E-state index contributed by atoms with van der Waals surface area (Å²) in [6.45, 7) is 8.96. The average Bonchev–Trinajstić information content (AvgIpc) is 2.61. The van der Waals surface area contributed by atoms with Gasteiger partial charge in [-0.25, -0.2) is 0 Å². The van der Waals surface area contributed by atoms with Gasteiger partial charge in [-0.2, -0.15) is 0 Å². The summed E-state index contributed by atoms with van der Waals surface area (Å²) in [5.41, 5.74) is 5.37. The fraction of sp³-hybridized carbons (Fsp3) is 0.933. The van der Waals surface area contributed by atoms with E-state index in [1.807, 2.05) is 0 Å². The van der Waals surface area contributed by atoms with Gasteiger partial charge >= 0.3 is 0 Å². The molecule has 1 aliphatic heterocycles. The first-order valence-corrected chi connectivity index (χ1v) is 7.61. The Morgan fingerprint density at radius 2 is 2.11 bits per heavy atom. The van der Waals surface area contributed by atoms with Crippen LogP contribution in [0.25, 0.3) is 0 Å². The maximum Gasteiger partial charge on any atom is 0.191 e. The summed E-state index contributed by atoms with van der Waals surface area (Å²) in [6.07, 6.45) is 5.46. The van der Waals surface area contributed by atoms with Crippen LogP contribution in [-0.4, -0.2) is 41.2 Å². The molecule has 0 spiro atoms. The lowest BCUT2D eigenvalue weighted by Crippen LogP contribution is -2.46. The van der Waals surface area contributed by atoms with Gasteiger partial charge in [0.25, 0.3) is 0 Å². The molecule has 1 saturated heterocycles. The van der Waals surface area contributed by atoms with E-state index in [0.717, 1.165) is 32.4 Å². The van der Waals surface area contributed by atoms with Crippen LogP contribution in [0, 0.1) is 11.3 Å². The van der Waals surface area contributed by atoms with Crippen molar-refractivity contribution >= 4 is 5.96 Å². The predicted octanol–water partition coefficient (Wildman–Crippen LogP) is 1.97. The van der Waals surface area contributed by atoms with Crippen molar-refractivity contribution in [1.29, 1.82) is 0 Å². The third kappa shape index (κ3) is 3.04. The molecule has 1 saturated carbocycles. The summed E-state index contributed by atoms with van der Waals surface area (Å²) >= 11 is 0. The summed E-state index contributed by atoms with van der Waals surface area (Å²) < 4.78 is 0. The Morgan fingerprint density at radius 3 is 2.68 bits per heavy atom. The first kappa shape index (κ1) is 14.6. The highest BCUT2D eigenvalue weighted by Crippen LogP contribution is 2.45. The van der Waals surface area contributed by atoms with Gasteiger partial charge in [0, 0.05) is 13.1 Å². The quantitative estimate of drug-likeness (QED) is 0.594. The fourth-order valence-electron chi connectivity index (χ4n) is 3.40. The first-order valence-electron chi connectivity index (χ1n) is 7.61. The molecule has 2 fully saturated rings. The maximum atomic E-state index is 10.7. The summed E-state index contributed by atoms with van der Waals surface area (Å²) in [5.74, 6) is 1.30. The number of nitrogens with two attached hydrogens (primary N) is 1. The molecule has 110 valence electrons. The van der Waals surface area contributed by atoms with Crippen molar-refractivity contribution in [1.82, 2.24) is 4.90 Å². The maximum absolute atomic E-state index is 10.7. The Kier molecular flexibility index (Phi) is 4.09. The minimum absolute atomic E-state index is 0.0496. The van der Waals surface area contributed by atoms with E-state index in [2.05, 4.69) is 30.7 Å². The van der Waals surface area contributed by atoms with Crippen LogP contribution in [0.15, 0.2) is 4.99 Å². The molecule has 1 heterocycles. The molecule has 2 rings (SSSR count). The van der Waals surface area contributed by atoms with Gasteiger partial charge in [0.15, 0.2) is 5.96 Å². The van der Waals surface area contributed by atoms with Crippen molar-refractivity contribution in [2.75, 3.05) is 19.6 Å². The molecule has 0 aromatic heterocycles. The summed E-state index contributed by atoms with van der Waals surface area (Å²) in [4.78, 5) is 6.67. The minimum atomic E-state index is -0.682. The van der Waals surface area contributed by atoms with E-state index in [-0.39, 0.29) is 5.41 Å². The average molecular weight is 267 g/mol. The van der Waals surface area contributed by atoms with Crippen LogP contribution >= 0.6 is 0 Å². The van der Waals surface area contributed by atoms with Gasteiger partial charge in [0.1, 0.15) is 0 Å². The van der Waals surface area contributed by atoms with Crippen molar-refractivity contribution < 1.29 is 5.11 Å². The van der Waals surface area contributed by atoms with E-state index in [1.54, 1.807) is 0 Å². The van der Waals surface area contributed by atoms with Crippen molar-refractivity contribution in [3.8, 4) is 0 Å². The molecule has 4 nitrogen and oxygen atoms in total. The second-order valence-electron chi connectivity index (χ2n) is 7.14. The Labute approximate surface area is 117 Å². The molecule has 19 heavy (non-hydrogen) atoms. The fourth-order valence-corrected chi connectivity index (χ4v) is 3.40. The van der Waals surface area contributed by atoms with Crippen molar-refractivity contribution in [2.45, 2.75) is 58.5 Å². The van der Waals surface area contributed by atoms with Gasteiger partial charge in [-0.05, 0) is 43.4 Å². The predicted molar refractivity (Wildman–Crippen MR) is 79.0 cm³/mol. The molecule has 2 atom stereocenters. The molecule has 1 aliphatic carbocycles. The van der Waals surface area contributed by atoms with Crippen molar-refractivity contribution in [3.05, 3.63) is 0 Å². The van der Waals surface area contributed by atoms with Crippen LogP contribution in [0.1, 0.15) is 52.9 Å². The Bertz CT molecular complexity index is 353. The smallest absolute Gasteiger partial charge is 0.191 e. The number of likely N-dealkylation sites (tertiary alicyclic amines) is 1. The monoisotopic (exact) mass is 267 g/mol. The number of hydrogen-bond acceptors (Lipinski definition) is 2. The second-order valence-corrected chi connectivity index (χ2v) is 7.14. The molecular formula is C15H29N3O. The number of hydrogen-bond donors (Lipinski definition) is 2. The van der Waals surface area contributed by atoms with E-state index in [4.69, 9.17) is 5.73 Å². The topological polar surface area (TPSA) is 61.8 Å². The molecular weight excluding hydrogens is 238 g/mol. The van der Waals surface area contributed by atoms with Gasteiger partial charge in [-0.3, -0.25) is 4.99 Å². The highest BCUT2D eigenvalue weighted by molar-refractivity contribution is 5.78. The van der Waals surface area contributed by atoms with Crippen LogP contribution in [0.5, 0.6) is 0 Å². The molecule has 2 aliphatic rings. The van der Waals surface area contributed by atoms with Gasteiger partial charge in [0.2, 0.25) is 0 Å². The lowest BCUT2D eigenvalue weighted by Gasteiger charge is -2.36. The van der Waals surface area contributed by atoms with Gasteiger partial charge in [-0.15, -0.1) is 0 Å². The molecule has 0 aromatic rings. The minimum Gasteiger partial charge on any atom is -0.387 e. The normalized spacial score (nSPS) is 35.7. The van der Waals surface area contributed by atoms with E-state index in [9.17, 15) is 5.11 Å². The van der Waals surface area contributed by atoms with Gasteiger partial charge in [0.05, 0.1) is 12.1 Å². The second kappa shape index (κ2) is 5.31. The molecule has 0 amide bonds. The number of rotatable bonds is 2. The molecule has 0 bridgehead atoms. The Balaban J connectivity index is 1.98. The highest BCUT2D eigenvalue weighted by Gasteiger charge is 2.47. The number of guanidine groups is 1. The lowest BCUT2D eigenvalue weighted by molar-refractivity contribution is -0.0336. The Hall–Kier alpha value is -0.770. The van der Waals surface area contributed by atoms with Crippen LogP contribution in [0.4, 0.5) is 0 Å². The molecule has 0 aromatic carbocycles. The van der Waals surface area contributed by atoms with E-state index in [0.29, 0.717) is 18.4 Å². The molecule has 3 N–H and O–H groups in total. The van der Waals surface area contributed by atoms with Crippen LogP contribution in [0.3, 0.4) is 0 Å². The van der Waals surface area contributed by atoms with Crippen molar-refractivity contribution in [3.63, 3.8) is 0 Å². The lowest BCUT2D eigenvalue weighted by atomic mass is 9.78. The number of piperidine rings is 1. The van der Waals surface area contributed by atoms with Crippen LogP contribution in [-0.2, 0) is 0 Å². The molecule has 2 unspecified atom stereocenters. The molecule has 0 radical (unpaired) electrons. The van der Waals surface area contributed by atoms with Crippen LogP contribution in [0.2, 0.25) is 0 Å². The zero-order valence-electron chi connectivity index (χ0n) is 12.7. The number of nitrogens with zero attached hydrogens (tertiary/aromatic N) is 2. The zero-order chi connectivity index (χ0) is 14.1. The number of aliphatic hydroxyl groups is 1. The first-order chi connectivity index (χ1) is 8.84. The van der Waals surface area contributed by atoms with E-state index in [1.165, 1.54) is 12.8 Å². The van der Waals surface area contributed by atoms with E-state index < -0.39 is 5.60 Å². The van der Waals surface area contributed by atoms with E-state index >= 15 is 0 Å². The summed E-state index contributed by atoms with van der Waals surface area (Å²) in [6, 6.07) is 0.